The van der Waals surface area contributed by atoms with Gasteiger partial charge in [-0.1, -0.05) is 36.4 Å². The van der Waals surface area contributed by atoms with Crippen LogP contribution in [0, 0.1) is 0 Å². The van der Waals surface area contributed by atoms with Gasteiger partial charge in [-0.2, -0.15) is 0 Å². The summed E-state index contributed by atoms with van der Waals surface area (Å²) in [6, 6.07) is 14.7. The minimum Gasteiger partial charge on any atom is -0.493 e. The van der Waals surface area contributed by atoms with E-state index in [1.54, 1.807) is 7.11 Å². The first-order valence-electron chi connectivity index (χ1n) is 10.1. The summed E-state index contributed by atoms with van der Waals surface area (Å²) >= 11 is 5.59. The van der Waals surface area contributed by atoms with Crippen molar-refractivity contribution >= 4 is 23.1 Å². The first-order valence-corrected chi connectivity index (χ1v) is 10.5. The molecule has 0 fully saturated rings. The zero-order valence-electron chi connectivity index (χ0n) is 18.1. The summed E-state index contributed by atoms with van der Waals surface area (Å²) < 4.78 is 11.4. The van der Waals surface area contributed by atoms with Crippen molar-refractivity contribution in [1.82, 2.24) is 10.2 Å². The van der Waals surface area contributed by atoms with E-state index in [2.05, 4.69) is 5.32 Å². The molecule has 1 heterocycles. The Hall–Kier alpha value is -2.86. The molecule has 6 heteroatoms. The largest absolute Gasteiger partial charge is 0.493 e. The van der Waals surface area contributed by atoms with Crippen molar-refractivity contribution in [2.24, 2.45) is 0 Å². The fraction of sp³-hybridized carbons (Fsp3) is 0.333. The average Bonchev–Trinajstić information content (AvgIpc) is 2.73. The van der Waals surface area contributed by atoms with Crippen LogP contribution in [0.25, 0.3) is 0 Å². The minimum absolute atomic E-state index is 0.0203. The van der Waals surface area contributed by atoms with Crippen LogP contribution in [0.1, 0.15) is 49.7 Å². The monoisotopic (exact) mass is 424 g/mol. The molecule has 0 radical (unpaired) electrons. The highest BCUT2D eigenvalue weighted by Crippen LogP contribution is 2.37. The predicted octanol–water partition coefficient (Wildman–Crippen LogP) is 4.89. The molecule has 0 aromatic heterocycles. The van der Waals surface area contributed by atoms with E-state index in [1.165, 1.54) is 0 Å². The first-order chi connectivity index (χ1) is 14.4. The van der Waals surface area contributed by atoms with Gasteiger partial charge in [-0.25, -0.2) is 0 Å². The molecular formula is C24H28N2O3S. The van der Waals surface area contributed by atoms with E-state index in [4.69, 9.17) is 21.7 Å². The van der Waals surface area contributed by atoms with E-state index in [0.717, 1.165) is 11.3 Å². The van der Waals surface area contributed by atoms with Gasteiger partial charge in [0, 0.05) is 23.4 Å². The Balaban J connectivity index is 2.10. The van der Waals surface area contributed by atoms with Gasteiger partial charge in [-0.05, 0) is 57.6 Å². The number of allylic oxidation sites excluding steroid dienone is 1. The zero-order chi connectivity index (χ0) is 21.8. The molecule has 1 unspecified atom stereocenters. The predicted molar refractivity (Wildman–Crippen MR) is 123 cm³/mol. The van der Waals surface area contributed by atoms with E-state index in [-0.39, 0.29) is 17.9 Å². The molecule has 0 amide bonds. The third kappa shape index (κ3) is 4.33. The molecule has 2 aromatic carbocycles. The fourth-order valence-corrected chi connectivity index (χ4v) is 4.05. The number of carbonyl (C=O) groups is 1. The summed E-state index contributed by atoms with van der Waals surface area (Å²) in [4.78, 5) is 15.5. The van der Waals surface area contributed by atoms with Crippen LogP contribution in [0.5, 0.6) is 11.5 Å². The van der Waals surface area contributed by atoms with Gasteiger partial charge in [-0.15, -0.1) is 0 Å². The number of nitrogens with zero attached hydrogens (tertiary/aromatic N) is 1. The van der Waals surface area contributed by atoms with Gasteiger partial charge in [0.1, 0.15) is 0 Å². The second kappa shape index (κ2) is 9.30. The highest BCUT2D eigenvalue weighted by atomic mass is 32.1. The SMILES string of the molecule is CCN1C(=S)NC(c2ccc(OC(C)C)c(OC)c2)C(C(=O)c2ccccc2)=C1C. The second-order valence-corrected chi connectivity index (χ2v) is 7.78. The number of carbonyl (C=O) groups excluding carboxylic acids is 1. The number of methoxy groups -OCH3 is 1. The average molecular weight is 425 g/mol. The number of nitrogens with one attached hydrogen (secondary N) is 1. The fourth-order valence-electron chi connectivity index (χ4n) is 3.67. The lowest BCUT2D eigenvalue weighted by Crippen LogP contribution is -2.47. The van der Waals surface area contributed by atoms with Crippen LogP contribution >= 0.6 is 12.2 Å². The molecule has 158 valence electrons. The molecule has 0 aliphatic carbocycles. The van der Waals surface area contributed by atoms with Gasteiger partial charge >= 0.3 is 0 Å². The lowest BCUT2D eigenvalue weighted by molar-refractivity contribution is 0.102. The van der Waals surface area contributed by atoms with Crippen LogP contribution in [0.2, 0.25) is 0 Å². The number of ether oxygens (including phenoxy) is 2. The van der Waals surface area contributed by atoms with Gasteiger partial charge in [-0.3, -0.25) is 4.79 Å². The van der Waals surface area contributed by atoms with Crippen LogP contribution < -0.4 is 14.8 Å². The number of thiocarbonyl (C=S) groups is 1. The standard InChI is InChI=1S/C24H28N2O3S/c1-6-26-16(4)21(23(27)17-10-8-7-9-11-17)22(25-24(26)30)18-12-13-19(29-15(2)3)20(14-18)28-5/h7-15,22H,6H2,1-5H3,(H,25,30). The van der Waals surface area contributed by atoms with E-state index >= 15 is 0 Å². The van der Waals surface area contributed by atoms with Crippen LogP contribution in [-0.2, 0) is 0 Å². The van der Waals surface area contributed by atoms with Crippen molar-refractivity contribution in [2.75, 3.05) is 13.7 Å². The lowest BCUT2D eigenvalue weighted by Gasteiger charge is -2.37. The molecule has 3 rings (SSSR count). The highest BCUT2D eigenvalue weighted by molar-refractivity contribution is 7.80. The zero-order valence-corrected chi connectivity index (χ0v) is 18.9. The maximum absolute atomic E-state index is 13.5. The summed E-state index contributed by atoms with van der Waals surface area (Å²) in [6.07, 6.45) is 0.0283. The van der Waals surface area contributed by atoms with Crippen LogP contribution in [0.15, 0.2) is 59.8 Å². The van der Waals surface area contributed by atoms with Gasteiger partial charge in [0.2, 0.25) is 0 Å². The van der Waals surface area contributed by atoms with E-state index < -0.39 is 0 Å². The number of hydrogen-bond acceptors (Lipinski definition) is 4. The number of rotatable bonds is 7. The summed E-state index contributed by atoms with van der Waals surface area (Å²) in [5.41, 5.74) is 3.08. The Labute approximate surface area is 183 Å². The van der Waals surface area contributed by atoms with E-state index in [9.17, 15) is 4.79 Å². The smallest absolute Gasteiger partial charge is 0.193 e. The summed E-state index contributed by atoms with van der Waals surface area (Å²) in [5, 5.41) is 3.96. The quantitative estimate of drug-likeness (QED) is 0.504. The maximum Gasteiger partial charge on any atom is 0.193 e. The molecule has 1 aliphatic heterocycles. The third-order valence-corrected chi connectivity index (χ3v) is 5.42. The van der Waals surface area contributed by atoms with Crippen LogP contribution in [0.3, 0.4) is 0 Å². The Morgan fingerprint density at radius 3 is 2.47 bits per heavy atom. The Bertz CT molecular complexity index is 970. The number of hydrogen-bond donors (Lipinski definition) is 1. The molecule has 0 saturated carbocycles. The van der Waals surface area contributed by atoms with Gasteiger partial charge in [0.05, 0.1) is 19.3 Å². The summed E-state index contributed by atoms with van der Waals surface area (Å²) in [5.74, 6) is 1.27. The normalized spacial score (nSPS) is 16.5. The number of benzene rings is 2. The molecule has 30 heavy (non-hydrogen) atoms. The van der Waals surface area contributed by atoms with E-state index in [0.29, 0.717) is 34.3 Å². The first kappa shape index (κ1) is 21.8. The third-order valence-electron chi connectivity index (χ3n) is 5.08. The molecule has 1 N–H and O–H groups in total. The van der Waals surface area contributed by atoms with E-state index in [1.807, 2.05) is 81.1 Å². The molecule has 0 bridgehead atoms. The molecular weight excluding hydrogens is 396 g/mol. The van der Waals surface area contributed by atoms with Crippen LogP contribution in [-0.4, -0.2) is 35.6 Å². The molecule has 0 saturated heterocycles. The van der Waals surface area contributed by atoms with Gasteiger partial charge in [0.15, 0.2) is 22.4 Å². The lowest BCUT2D eigenvalue weighted by atomic mass is 9.89. The minimum atomic E-state index is -0.380. The van der Waals surface area contributed by atoms with Gasteiger partial charge in [0.25, 0.3) is 0 Å². The Kier molecular flexibility index (Phi) is 6.77. The second-order valence-electron chi connectivity index (χ2n) is 7.40. The maximum atomic E-state index is 13.5. The summed E-state index contributed by atoms with van der Waals surface area (Å²) in [6.45, 7) is 8.59. The Morgan fingerprint density at radius 2 is 1.87 bits per heavy atom. The summed E-state index contributed by atoms with van der Waals surface area (Å²) in [7, 11) is 1.61. The topological polar surface area (TPSA) is 50.8 Å². The molecule has 2 aromatic rings. The molecule has 5 nitrogen and oxygen atoms in total. The molecule has 1 aliphatic rings. The molecule has 1 atom stereocenters. The van der Waals surface area contributed by atoms with Crippen molar-refractivity contribution in [2.45, 2.75) is 39.8 Å². The Morgan fingerprint density at radius 1 is 1.17 bits per heavy atom. The van der Waals surface area contributed by atoms with Crippen molar-refractivity contribution in [3.05, 3.63) is 70.9 Å². The van der Waals surface area contributed by atoms with Crippen LogP contribution in [0.4, 0.5) is 0 Å². The van der Waals surface area contributed by atoms with Crippen molar-refractivity contribution < 1.29 is 14.3 Å². The number of Topliss-reactive ketones (excluding diaryl/α,β-unsaturated/α-hetero) is 1. The van der Waals surface area contributed by atoms with Crippen molar-refractivity contribution in [3.8, 4) is 11.5 Å². The highest BCUT2D eigenvalue weighted by Gasteiger charge is 2.34. The number of ketones is 1. The van der Waals surface area contributed by atoms with Crippen molar-refractivity contribution in [3.63, 3.8) is 0 Å². The molecule has 0 spiro atoms. The van der Waals surface area contributed by atoms with Gasteiger partial charge < -0.3 is 19.7 Å². The van der Waals surface area contributed by atoms with Crippen molar-refractivity contribution in [1.29, 1.82) is 0 Å².